The van der Waals surface area contributed by atoms with Gasteiger partial charge >= 0.3 is 5.97 Å². The molecule has 0 amide bonds. The average Bonchev–Trinajstić information content (AvgIpc) is 2.87. The van der Waals surface area contributed by atoms with Crippen LogP contribution in [0.25, 0.3) is 0 Å². The number of hydrogen-bond donors (Lipinski definition) is 2. The molecule has 1 aliphatic carbocycles. The zero-order valence-corrected chi connectivity index (χ0v) is 13.0. The van der Waals surface area contributed by atoms with Gasteiger partial charge in [0.15, 0.2) is 4.34 Å². The van der Waals surface area contributed by atoms with Crippen molar-refractivity contribution in [1.29, 1.82) is 0 Å². The van der Waals surface area contributed by atoms with Crippen LogP contribution in [0.2, 0.25) is 0 Å². The summed E-state index contributed by atoms with van der Waals surface area (Å²) in [5, 5.41) is 22.1. The first-order chi connectivity index (χ1) is 8.91. The Morgan fingerprint density at radius 1 is 1.58 bits per heavy atom. The summed E-state index contributed by atoms with van der Waals surface area (Å²) in [6.07, 6.45) is 2.22. The van der Waals surface area contributed by atoms with Crippen LogP contribution in [0, 0.1) is 6.92 Å². The Hall–Kier alpha value is -0.660. The number of aliphatic carboxylic acids is 1. The van der Waals surface area contributed by atoms with E-state index >= 15 is 0 Å². The molecule has 0 radical (unpaired) electrons. The largest absolute Gasteiger partial charge is 0.480 e. The monoisotopic (exact) mass is 301 g/mol. The van der Waals surface area contributed by atoms with Crippen LogP contribution in [0.1, 0.15) is 38.1 Å². The molecule has 2 atom stereocenters. The van der Waals surface area contributed by atoms with Gasteiger partial charge in [-0.05, 0) is 40.0 Å². The summed E-state index contributed by atoms with van der Waals surface area (Å²) in [5.41, 5.74) is -0.772. The van der Waals surface area contributed by atoms with Crippen molar-refractivity contribution in [3.8, 4) is 0 Å². The number of aromatic nitrogens is 2. The van der Waals surface area contributed by atoms with E-state index in [0.717, 1.165) is 15.8 Å². The number of thioether (sulfide) groups is 1. The second-order valence-electron chi connectivity index (χ2n) is 5.26. The van der Waals surface area contributed by atoms with Gasteiger partial charge in [-0.2, -0.15) is 0 Å². The van der Waals surface area contributed by atoms with E-state index < -0.39 is 11.5 Å². The highest BCUT2D eigenvalue weighted by molar-refractivity contribution is 8.01. The minimum Gasteiger partial charge on any atom is -0.480 e. The molecule has 106 valence electrons. The molecular weight excluding hydrogens is 282 g/mol. The fraction of sp³-hybridized carbons (Fsp3) is 0.750. The molecule has 1 fully saturated rings. The van der Waals surface area contributed by atoms with E-state index in [1.165, 1.54) is 0 Å². The zero-order valence-electron chi connectivity index (χ0n) is 11.3. The van der Waals surface area contributed by atoms with Gasteiger partial charge in [-0.15, -0.1) is 10.2 Å². The Morgan fingerprint density at radius 3 is 2.84 bits per heavy atom. The fourth-order valence-corrected chi connectivity index (χ4v) is 4.86. The number of rotatable bonds is 5. The smallest absolute Gasteiger partial charge is 0.323 e. The second kappa shape index (κ2) is 5.76. The molecule has 2 rings (SSSR count). The van der Waals surface area contributed by atoms with Crippen molar-refractivity contribution >= 4 is 29.1 Å². The molecule has 1 heterocycles. The molecular formula is C12H19N3O2S2. The van der Waals surface area contributed by atoms with Gasteiger partial charge in [-0.25, -0.2) is 0 Å². The van der Waals surface area contributed by atoms with Crippen molar-refractivity contribution < 1.29 is 9.90 Å². The second-order valence-corrected chi connectivity index (χ2v) is 7.99. The van der Waals surface area contributed by atoms with Crippen LogP contribution in [-0.2, 0) is 4.79 Å². The Balaban J connectivity index is 2.02. The molecule has 7 heteroatoms. The van der Waals surface area contributed by atoms with Crippen molar-refractivity contribution in [3.05, 3.63) is 5.01 Å². The van der Waals surface area contributed by atoms with Crippen LogP contribution in [-0.4, -0.2) is 38.1 Å². The van der Waals surface area contributed by atoms with Crippen molar-refractivity contribution in [2.45, 2.75) is 61.2 Å². The summed E-state index contributed by atoms with van der Waals surface area (Å²) in [6.45, 7) is 5.90. The molecule has 19 heavy (non-hydrogen) atoms. The maximum atomic E-state index is 11.6. The lowest BCUT2D eigenvalue weighted by Crippen LogP contribution is -2.53. The number of nitrogens with one attached hydrogen (secondary N) is 1. The molecule has 2 unspecified atom stereocenters. The van der Waals surface area contributed by atoms with Crippen molar-refractivity contribution in [1.82, 2.24) is 15.5 Å². The van der Waals surface area contributed by atoms with E-state index in [2.05, 4.69) is 15.5 Å². The minimum atomic E-state index is -0.772. The highest BCUT2D eigenvalue weighted by Gasteiger charge is 2.46. The maximum Gasteiger partial charge on any atom is 0.323 e. The van der Waals surface area contributed by atoms with E-state index in [9.17, 15) is 9.90 Å². The van der Waals surface area contributed by atoms with Crippen LogP contribution in [0.4, 0.5) is 0 Å². The third-order valence-electron chi connectivity index (χ3n) is 3.22. The van der Waals surface area contributed by atoms with Crippen LogP contribution < -0.4 is 5.32 Å². The SMILES string of the molecule is Cc1nnc(SC2CCC(NC(C)C)(C(=O)O)C2)s1. The van der Waals surface area contributed by atoms with Gasteiger partial charge in [0, 0.05) is 11.3 Å². The lowest BCUT2D eigenvalue weighted by Gasteiger charge is -2.28. The number of hydrogen-bond acceptors (Lipinski definition) is 6. The highest BCUT2D eigenvalue weighted by atomic mass is 32.2. The van der Waals surface area contributed by atoms with Gasteiger partial charge < -0.3 is 5.11 Å². The third-order valence-corrected chi connectivity index (χ3v) is 5.41. The van der Waals surface area contributed by atoms with Gasteiger partial charge in [0.1, 0.15) is 10.5 Å². The molecule has 1 aliphatic rings. The van der Waals surface area contributed by atoms with E-state index in [1.54, 1.807) is 23.1 Å². The minimum absolute atomic E-state index is 0.170. The summed E-state index contributed by atoms with van der Waals surface area (Å²) in [6, 6.07) is 0.170. The maximum absolute atomic E-state index is 11.6. The normalized spacial score (nSPS) is 27.1. The molecule has 1 saturated carbocycles. The van der Waals surface area contributed by atoms with Gasteiger partial charge in [0.05, 0.1) is 0 Å². The predicted octanol–water partition coefficient (Wildman–Crippen LogP) is 2.31. The number of carbonyl (C=O) groups is 1. The summed E-state index contributed by atoms with van der Waals surface area (Å²) in [4.78, 5) is 11.6. The lowest BCUT2D eigenvalue weighted by molar-refractivity contribution is -0.145. The molecule has 1 aromatic rings. The Labute approximate surface area is 121 Å². The standard InChI is InChI=1S/C12H19N3O2S2/c1-7(2)13-12(10(16)17)5-4-9(6-12)19-11-15-14-8(3)18-11/h7,9,13H,4-6H2,1-3H3,(H,16,17). The van der Waals surface area contributed by atoms with Crippen molar-refractivity contribution in [2.75, 3.05) is 0 Å². The molecule has 0 aliphatic heterocycles. The number of carboxylic acid groups (broad SMARTS) is 1. The van der Waals surface area contributed by atoms with E-state index in [1.807, 2.05) is 20.8 Å². The molecule has 0 saturated heterocycles. The molecule has 0 bridgehead atoms. The summed E-state index contributed by atoms with van der Waals surface area (Å²) >= 11 is 3.23. The Morgan fingerprint density at radius 2 is 2.32 bits per heavy atom. The number of nitrogens with zero attached hydrogens (tertiary/aromatic N) is 2. The first kappa shape index (κ1) is 14.7. The van der Waals surface area contributed by atoms with Crippen LogP contribution in [0.15, 0.2) is 4.34 Å². The van der Waals surface area contributed by atoms with Gasteiger partial charge in [-0.1, -0.05) is 23.1 Å². The summed E-state index contributed by atoms with van der Waals surface area (Å²) in [5.74, 6) is -0.738. The number of carboxylic acids is 1. The van der Waals surface area contributed by atoms with Crippen LogP contribution >= 0.6 is 23.1 Å². The van der Waals surface area contributed by atoms with Gasteiger partial charge in [0.25, 0.3) is 0 Å². The molecule has 2 N–H and O–H groups in total. The van der Waals surface area contributed by atoms with E-state index in [-0.39, 0.29) is 6.04 Å². The van der Waals surface area contributed by atoms with Crippen molar-refractivity contribution in [2.24, 2.45) is 0 Å². The van der Waals surface area contributed by atoms with Gasteiger partial charge in [-0.3, -0.25) is 10.1 Å². The first-order valence-corrected chi connectivity index (χ1v) is 8.09. The third kappa shape index (κ3) is 3.46. The zero-order chi connectivity index (χ0) is 14.0. The average molecular weight is 301 g/mol. The topological polar surface area (TPSA) is 75.1 Å². The molecule has 1 aromatic heterocycles. The quantitative estimate of drug-likeness (QED) is 0.869. The fourth-order valence-electron chi connectivity index (χ4n) is 2.51. The summed E-state index contributed by atoms with van der Waals surface area (Å²) in [7, 11) is 0. The number of aryl methyl sites for hydroxylation is 1. The van der Waals surface area contributed by atoms with Crippen LogP contribution in [0.5, 0.6) is 0 Å². The Kier molecular flexibility index (Phi) is 4.47. The van der Waals surface area contributed by atoms with Gasteiger partial charge in [0.2, 0.25) is 0 Å². The van der Waals surface area contributed by atoms with E-state index in [4.69, 9.17) is 0 Å². The predicted molar refractivity (Wildman–Crippen MR) is 76.8 cm³/mol. The lowest BCUT2D eigenvalue weighted by atomic mass is 9.97. The first-order valence-electron chi connectivity index (χ1n) is 6.39. The highest BCUT2D eigenvalue weighted by Crippen LogP contribution is 2.41. The van der Waals surface area contributed by atoms with Crippen LogP contribution in [0.3, 0.4) is 0 Å². The summed E-state index contributed by atoms with van der Waals surface area (Å²) < 4.78 is 0.938. The molecule has 0 spiro atoms. The molecule has 0 aromatic carbocycles. The van der Waals surface area contributed by atoms with E-state index in [0.29, 0.717) is 18.1 Å². The molecule has 5 nitrogen and oxygen atoms in total. The van der Waals surface area contributed by atoms with Crippen molar-refractivity contribution in [3.63, 3.8) is 0 Å². The Bertz CT molecular complexity index is 464.